The van der Waals surface area contributed by atoms with Gasteiger partial charge < -0.3 is 9.47 Å². The Morgan fingerprint density at radius 2 is 1.60 bits per heavy atom. The minimum absolute atomic E-state index is 0.0252. The molecule has 0 bridgehead atoms. The van der Waals surface area contributed by atoms with Gasteiger partial charge in [0.15, 0.2) is 0 Å². The number of nitrogens with zero attached hydrogens (tertiary/aromatic N) is 2. The van der Waals surface area contributed by atoms with E-state index < -0.39 is 39.3 Å². The van der Waals surface area contributed by atoms with Crippen molar-refractivity contribution in [3.05, 3.63) is 44.0 Å². The number of non-ortho nitro benzene ring substituents is 2. The quantitative estimate of drug-likeness (QED) is 0.394. The molecular weight excluding hydrogens is 336 g/mol. The first-order valence-electron chi connectivity index (χ1n) is 7.46. The molecule has 0 aliphatic carbocycles. The van der Waals surface area contributed by atoms with E-state index in [4.69, 9.17) is 9.47 Å². The Labute approximate surface area is 143 Å². The second kappa shape index (κ2) is 8.71. The highest BCUT2D eigenvalue weighted by Gasteiger charge is 2.24. The summed E-state index contributed by atoms with van der Waals surface area (Å²) >= 11 is 0. The number of carbonyl (C=O) groups excluding carboxylic acids is 2. The molecule has 0 radical (unpaired) electrons. The van der Waals surface area contributed by atoms with E-state index in [0.717, 1.165) is 18.2 Å². The van der Waals surface area contributed by atoms with Crippen molar-refractivity contribution in [1.82, 2.24) is 0 Å². The van der Waals surface area contributed by atoms with Gasteiger partial charge in [-0.2, -0.15) is 0 Å². The van der Waals surface area contributed by atoms with Crippen LogP contribution in [0.1, 0.15) is 37.6 Å². The Morgan fingerprint density at radius 3 is 2.04 bits per heavy atom. The van der Waals surface area contributed by atoms with Crippen molar-refractivity contribution in [2.45, 2.75) is 33.3 Å². The van der Waals surface area contributed by atoms with Crippen LogP contribution in [0.25, 0.3) is 0 Å². The highest BCUT2D eigenvalue weighted by Crippen LogP contribution is 2.24. The van der Waals surface area contributed by atoms with Crippen LogP contribution < -0.4 is 0 Å². The van der Waals surface area contributed by atoms with E-state index in [2.05, 4.69) is 0 Å². The molecule has 2 atom stereocenters. The highest BCUT2D eigenvalue weighted by atomic mass is 16.6. The molecule has 0 aliphatic rings. The molecule has 1 rings (SSSR count). The zero-order valence-electron chi connectivity index (χ0n) is 14.0. The lowest BCUT2D eigenvalue weighted by Gasteiger charge is -2.19. The average Bonchev–Trinajstić information content (AvgIpc) is 2.54. The molecule has 25 heavy (non-hydrogen) atoms. The Hall–Kier alpha value is -3.04. The largest absolute Gasteiger partial charge is 0.466 e. The van der Waals surface area contributed by atoms with E-state index in [1.165, 1.54) is 0 Å². The van der Waals surface area contributed by atoms with Crippen LogP contribution in [0.3, 0.4) is 0 Å². The van der Waals surface area contributed by atoms with Gasteiger partial charge in [-0.1, -0.05) is 6.92 Å². The van der Waals surface area contributed by atoms with Gasteiger partial charge in [-0.3, -0.25) is 25.0 Å². The third kappa shape index (κ3) is 5.83. The Morgan fingerprint density at radius 1 is 1.08 bits per heavy atom. The zero-order valence-corrected chi connectivity index (χ0v) is 14.0. The fraction of sp³-hybridized carbons (Fsp3) is 0.467. The third-order valence-electron chi connectivity index (χ3n) is 3.45. The summed E-state index contributed by atoms with van der Waals surface area (Å²) in [5.41, 5.74) is -1.49. The summed E-state index contributed by atoms with van der Waals surface area (Å²) in [6.07, 6.45) is -0.674. The standard InChI is InChI=1S/C15H18N2O8/c1-4-24-14(18)5-9(2)10(3)25-15(19)11-6-12(16(20)21)8-13(7-11)17(22)23/h6-10H,4-5H2,1-3H3/t9-,10+/m0/s1. The van der Waals surface area contributed by atoms with Crippen LogP contribution in [0.15, 0.2) is 18.2 Å². The van der Waals surface area contributed by atoms with Crippen molar-refractivity contribution in [2.75, 3.05) is 6.61 Å². The summed E-state index contributed by atoms with van der Waals surface area (Å²) in [4.78, 5) is 43.6. The molecule has 0 saturated carbocycles. The number of hydrogen-bond donors (Lipinski definition) is 0. The third-order valence-corrected chi connectivity index (χ3v) is 3.45. The summed E-state index contributed by atoms with van der Waals surface area (Å²) in [5.74, 6) is -1.75. The van der Waals surface area contributed by atoms with Crippen LogP contribution in [-0.2, 0) is 14.3 Å². The first-order valence-corrected chi connectivity index (χ1v) is 7.46. The van der Waals surface area contributed by atoms with Crippen LogP contribution in [0.2, 0.25) is 0 Å². The van der Waals surface area contributed by atoms with Gasteiger partial charge in [-0.15, -0.1) is 0 Å². The van der Waals surface area contributed by atoms with Crippen molar-refractivity contribution in [1.29, 1.82) is 0 Å². The lowest BCUT2D eigenvalue weighted by Crippen LogP contribution is -2.25. The van der Waals surface area contributed by atoms with Gasteiger partial charge in [-0.05, 0) is 13.8 Å². The van der Waals surface area contributed by atoms with Crippen molar-refractivity contribution < 1.29 is 28.9 Å². The number of nitro groups is 2. The topological polar surface area (TPSA) is 139 Å². The first kappa shape index (κ1) is 20.0. The van der Waals surface area contributed by atoms with Crippen LogP contribution >= 0.6 is 0 Å². The van der Waals surface area contributed by atoms with Crippen LogP contribution in [0, 0.1) is 26.1 Å². The number of carbonyl (C=O) groups is 2. The van der Waals surface area contributed by atoms with Gasteiger partial charge >= 0.3 is 11.9 Å². The molecule has 0 saturated heterocycles. The number of rotatable bonds is 8. The molecule has 10 nitrogen and oxygen atoms in total. The van der Waals surface area contributed by atoms with Crippen molar-refractivity contribution in [3.8, 4) is 0 Å². The average molecular weight is 354 g/mol. The molecule has 0 aliphatic heterocycles. The number of esters is 2. The van der Waals surface area contributed by atoms with E-state index in [-0.39, 0.29) is 24.5 Å². The first-order chi connectivity index (χ1) is 11.6. The normalized spacial score (nSPS) is 12.8. The predicted molar refractivity (Wildman–Crippen MR) is 85.0 cm³/mol. The molecule has 0 spiro atoms. The summed E-state index contributed by atoms with van der Waals surface area (Å²) in [5, 5.41) is 21.7. The number of nitro benzene ring substituents is 2. The number of benzene rings is 1. The molecule has 1 aromatic carbocycles. The van der Waals surface area contributed by atoms with E-state index in [0.29, 0.717) is 0 Å². The smallest absolute Gasteiger partial charge is 0.338 e. The predicted octanol–water partition coefficient (Wildman–Crippen LogP) is 2.64. The lowest BCUT2D eigenvalue weighted by atomic mass is 10.0. The monoisotopic (exact) mass is 354 g/mol. The van der Waals surface area contributed by atoms with Gasteiger partial charge in [0.05, 0.1) is 34.5 Å². The maximum atomic E-state index is 12.1. The zero-order chi connectivity index (χ0) is 19.1. The fourth-order valence-electron chi connectivity index (χ4n) is 1.93. The van der Waals surface area contributed by atoms with Crippen molar-refractivity contribution in [3.63, 3.8) is 0 Å². The fourth-order valence-corrected chi connectivity index (χ4v) is 1.93. The lowest BCUT2D eigenvalue weighted by molar-refractivity contribution is -0.394. The van der Waals surface area contributed by atoms with Crippen LogP contribution in [0.4, 0.5) is 11.4 Å². The number of hydrogen-bond acceptors (Lipinski definition) is 8. The second-order valence-electron chi connectivity index (χ2n) is 5.35. The molecule has 10 heteroatoms. The van der Waals surface area contributed by atoms with E-state index in [1.54, 1.807) is 20.8 Å². The highest BCUT2D eigenvalue weighted by molar-refractivity contribution is 5.91. The van der Waals surface area contributed by atoms with Gasteiger partial charge in [0, 0.05) is 18.1 Å². The van der Waals surface area contributed by atoms with E-state index in [1.807, 2.05) is 0 Å². The van der Waals surface area contributed by atoms with Crippen molar-refractivity contribution in [2.24, 2.45) is 5.92 Å². The SMILES string of the molecule is CCOC(=O)C[C@H](C)[C@@H](C)OC(=O)c1cc([N+](=O)[O-])cc([N+](=O)[O-])c1. The molecule has 0 aromatic heterocycles. The van der Waals surface area contributed by atoms with Gasteiger partial charge in [0.25, 0.3) is 11.4 Å². The van der Waals surface area contributed by atoms with Gasteiger partial charge in [0.2, 0.25) is 0 Å². The van der Waals surface area contributed by atoms with Gasteiger partial charge in [0.1, 0.15) is 6.10 Å². The molecule has 0 heterocycles. The molecule has 1 aromatic rings. The van der Waals surface area contributed by atoms with Crippen molar-refractivity contribution >= 4 is 23.3 Å². The summed E-state index contributed by atoms with van der Waals surface area (Å²) < 4.78 is 9.96. The maximum absolute atomic E-state index is 12.1. The summed E-state index contributed by atoms with van der Waals surface area (Å²) in [6, 6.07) is 2.56. The molecule has 0 amide bonds. The Kier molecular flexibility index (Phi) is 6.97. The van der Waals surface area contributed by atoms with E-state index >= 15 is 0 Å². The minimum Gasteiger partial charge on any atom is -0.466 e. The Balaban J connectivity index is 2.90. The minimum atomic E-state index is -0.949. The molecule has 0 unspecified atom stereocenters. The summed E-state index contributed by atoms with van der Waals surface area (Å²) in [6.45, 7) is 5.12. The number of ether oxygens (including phenoxy) is 2. The molecular formula is C15H18N2O8. The van der Waals surface area contributed by atoms with E-state index in [9.17, 15) is 29.8 Å². The maximum Gasteiger partial charge on any atom is 0.338 e. The van der Waals surface area contributed by atoms with Crippen LogP contribution in [0.5, 0.6) is 0 Å². The second-order valence-corrected chi connectivity index (χ2v) is 5.35. The summed E-state index contributed by atoms with van der Waals surface area (Å²) in [7, 11) is 0. The van der Waals surface area contributed by atoms with Crippen LogP contribution in [-0.4, -0.2) is 34.5 Å². The molecule has 0 N–H and O–H groups in total. The van der Waals surface area contributed by atoms with Gasteiger partial charge in [-0.25, -0.2) is 4.79 Å². The molecule has 136 valence electrons. The Bertz CT molecular complexity index is 656. The molecule has 0 fully saturated rings.